The highest BCUT2D eigenvalue weighted by Crippen LogP contribution is 2.39. The molecule has 0 fully saturated rings. The van der Waals surface area contributed by atoms with Crippen molar-refractivity contribution in [2.45, 2.75) is 19.5 Å². The van der Waals surface area contributed by atoms with E-state index in [0.717, 1.165) is 22.8 Å². The van der Waals surface area contributed by atoms with Crippen LogP contribution >= 0.6 is 0 Å². The van der Waals surface area contributed by atoms with Crippen LogP contribution in [-0.4, -0.2) is 10.8 Å². The second kappa shape index (κ2) is 6.95. The van der Waals surface area contributed by atoms with Crippen LogP contribution in [0, 0.1) is 12.7 Å². The molecule has 1 amide bonds. The minimum atomic E-state index is -0.598. The lowest BCUT2D eigenvalue weighted by Crippen LogP contribution is -2.29. The molecular weight excluding hydrogens is 381 g/mol. The molecule has 5 rings (SSSR count). The molecule has 3 aromatic carbocycles. The summed E-state index contributed by atoms with van der Waals surface area (Å²) < 4.78 is 19.6. The van der Waals surface area contributed by atoms with E-state index in [1.165, 1.54) is 12.1 Å². The van der Waals surface area contributed by atoms with Crippen molar-refractivity contribution in [2.24, 2.45) is 0 Å². The van der Waals surface area contributed by atoms with Crippen LogP contribution in [0.1, 0.15) is 38.9 Å². The molecule has 1 aliphatic heterocycles. The zero-order valence-electron chi connectivity index (χ0n) is 16.3. The van der Waals surface area contributed by atoms with Gasteiger partial charge in [-0.05, 0) is 36.2 Å². The van der Waals surface area contributed by atoms with Gasteiger partial charge in [0.2, 0.25) is 5.76 Å². The fourth-order valence-electron chi connectivity index (χ4n) is 4.03. The number of rotatable bonds is 3. The standard InChI is InChI=1S/C25H18FNO3/c1-15-7-9-16(10-8-15)14-27-22(17-5-3-2-4-6-17)21-23(28)19-13-18(26)11-12-20(19)30-24(21)25(27)29/h2-13,22H,14H2,1H3. The van der Waals surface area contributed by atoms with Crippen molar-refractivity contribution in [1.82, 2.24) is 4.90 Å². The molecule has 0 N–H and O–H groups in total. The van der Waals surface area contributed by atoms with Crippen molar-refractivity contribution in [1.29, 1.82) is 0 Å². The van der Waals surface area contributed by atoms with Crippen LogP contribution in [0.2, 0.25) is 0 Å². The molecule has 0 aliphatic carbocycles. The largest absolute Gasteiger partial charge is 0.450 e. The summed E-state index contributed by atoms with van der Waals surface area (Å²) in [7, 11) is 0. The van der Waals surface area contributed by atoms with Gasteiger partial charge in [0, 0.05) is 6.54 Å². The van der Waals surface area contributed by atoms with Gasteiger partial charge in [0.1, 0.15) is 11.4 Å². The maximum atomic E-state index is 13.8. The minimum Gasteiger partial charge on any atom is -0.450 e. The normalized spacial score (nSPS) is 15.6. The molecule has 0 bridgehead atoms. The van der Waals surface area contributed by atoms with E-state index in [9.17, 15) is 14.0 Å². The Morgan fingerprint density at radius 3 is 2.43 bits per heavy atom. The number of benzene rings is 3. The summed E-state index contributed by atoms with van der Waals surface area (Å²) in [5, 5.41) is 0.139. The molecule has 2 heterocycles. The zero-order chi connectivity index (χ0) is 20.8. The molecule has 0 radical (unpaired) electrons. The Kier molecular flexibility index (Phi) is 4.24. The first-order valence-corrected chi connectivity index (χ1v) is 9.70. The van der Waals surface area contributed by atoms with Crippen LogP contribution in [0.4, 0.5) is 4.39 Å². The van der Waals surface area contributed by atoms with Gasteiger partial charge in [0.05, 0.1) is 17.0 Å². The lowest BCUT2D eigenvalue weighted by atomic mass is 9.98. The van der Waals surface area contributed by atoms with Crippen molar-refractivity contribution >= 4 is 16.9 Å². The summed E-state index contributed by atoms with van der Waals surface area (Å²) in [6, 6.07) is 20.4. The Balaban J connectivity index is 1.72. The summed E-state index contributed by atoms with van der Waals surface area (Å²) >= 11 is 0. The van der Waals surface area contributed by atoms with Crippen LogP contribution in [-0.2, 0) is 6.54 Å². The Morgan fingerprint density at radius 1 is 0.967 bits per heavy atom. The van der Waals surface area contributed by atoms with Crippen molar-refractivity contribution in [3.05, 3.63) is 117 Å². The van der Waals surface area contributed by atoms with E-state index in [2.05, 4.69) is 0 Å². The molecule has 0 spiro atoms. The van der Waals surface area contributed by atoms with E-state index in [1.54, 1.807) is 4.90 Å². The van der Waals surface area contributed by atoms with Gasteiger partial charge in [-0.2, -0.15) is 0 Å². The van der Waals surface area contributed by atoms with Crippen LogP contribution < -0.4 is 5.43 Å². The predicted octanol–water partition coefficient (Wildman–Crippen LogP) is 4.99. The number of aryl methyl sites for hydroxylation is 1. The molecule has 148 valence electrons. The summed E-state index contributed by atoms with van der Waals surface area (Å²) in [6.45, 7) is 2.33. The fourth-order valence-corrected chi connectivity index (χ4v) is 4.03. The maximum absolute atomic E-state index is 13.8. The second-order valence-corrected chi connectivity index (χ2v) is 7.55. The summed E-state index contributed by atoms with van der Waals surface area (Å²) in [5.74, 6) is -0.838. The highest BCUT2D eigenvalue weighted by atomic mass is 19.1. The molecule has 0 saturated heterocycles. The molecule has 1 unspecified atom stereocenters. The maximum Gasteiger partial charge on any atom is 0.291 e. The number of hydrogen-bond donors (Lipinski definition) is 0. The third-order valence-electron chi connectivity index (χ3n) is 5.52. The van der Waals surface area contributed by atoms with Crippen molar-refractivity contribution in [2.75, 3.05) is 0 Å². The third kappa shape index (κ3) is 2.90. The number of nitrogens with zero attached hydrogens (tertiary/aromatic N) is 1. The number of fused-ring (bicyclic) bond motifs is 2. The number of carbonyl (C=O) groups is 1. The summed E-state index contributed by atoms with van der Waals surface area (Å²) in [5.41, 5.74) is 2.97. The first-order chi connectivity index (χ1) is 14.5. The predicted molar refractivity (Wildman–Crippen MR) is 112 cm³/mol. The van der Waals surface area contributed by atoms with Gasteiger partial charge in [0.15, 0.2) is 5.43 Å². The van der Waals surface area contributed by atoms with Gasteiger partial charge in [-0.1, -0.05) is 60.2 Å². The molecule has 4 nitrogen and oxygen atoms in total. The zero-order valence-corrected chi connectivity index (χ0v) is 16.3. The first-order valence-electron chi connectivity index (χ1n) is 9.70. The number of hydrogen-bond acceptors (Lipinski definition) is 3. The Labute approximate surface area is 172 Å². The van der Waals surface area contributed by atoms with Gasteiger partial charge in [-0.15, -0.1) is 0 Å². The van der Waals surface area contributed by atoms with Gasteiger partial charge in [0.25, 0.3) is 5.91 Å². The average molecular weight is 399 g/mol. The van der Waals surface area contributed by atoms with Crippen molar-refractivity contribution in [3.63, 3.8) is 0 Å². The molecule has 30 heavy (non-hydrogen) atoms. The van der Waals surface area contributed by atoms with Gasteiger partial charge in [-0.3, -0.25) is 9.59 Å². The van der Waals surface area contributed by atoms with E-state index in [0.29, 0.717) is 6.54 Å². The highest BCUT2D eigenvalue weighted by molar-refractivity contribution is 5.99. The Hall–Kier alpha value is -3.73. The summed E-state index contributed by atoms with van der Waals surface area (Å²) in [4.78, 5) is 28.3. The SMILES string of the molecule is Cc1ccc(CN2C(=O)c3oc4ccc(F)cc4c(=O)c3C2c2ccccc2)cc1. The van der Waals surface area contributed by atoms with Gasteiger partial charge in [-0.25, -0.2) is 4.39 Å². The average Bonchev–Trinajstić information content (AvgIpc) is 3.03. The molecule has 5 heteroatoms. The van der Waals surface area contributed by atoms with E-state index in [1.807, 2.05) is 61.5 Å². The fraction of sp³-hybridized carbons (Fsp3) is 0.120. The molecular formula is C25H18FNO3. The number of amides is 1. The van der Waals surface area contributed by atoms with E-state index >= 15 is 0 Å². The van der Waals surface area contributed by atoms with Gasteiger partial charge < -0.3 is 9.32 Å². The van der Waals surface area contributed by atoms with Crippen LogP contribution in [0.25, 0.3) is 11.0 Å². The van der Waals surface area contributed by atoms with Crippen LogP contribution in [0.15, 0.2) is 82.0 Å². The van der Waals surface area contributed by atoms with Crippen molar-refractivity contribution in [3.8, 4) is 0 Å². The van der Waals surface area contributed by atoms with Crippen LogP contribution in [0.3, 0.4) is 0 Å². The summed E-state index contributed by atoms with van der Waals surface area (Å²) in [6.07, 6.45) is 0. The van der Waals surface area contributed by atoms with E-state index in [4.69, 9.17) is 4.42 Å². The van der Waals surface area contributed by atoms with E-state index in [-0.39, 0.29) is 33.6 Å². The highest BCUT2D eigenvalue weighted by Gasteiger charge is 2.42. The minimum absolute atomic E-state index is 0.0278. The third-order valence-corrected chi connectivity index (χ3v) is 5.52. The Bertz CT molecular complexity index is 1330. The molecule has 1 aromatic heterocycles. The second-order valence-electron chi connectivity index (χ2n) is 7.55. The Morgan fingerprint density at radius 2 is 1.70 bits per heavy atom. The molecule has 1 aliphatic rings. The number of halogens is 1. The monoisotopic (exact) mass is 399 g/mol. The quantitative estimate of drug-likeness (QED) is 0.488. The first kappa shape index (κ1) is 18.3. The smallest absolute Gasteiger partial charge is 0.291 e. The molecule has 1 atom stereocenters. The van der Waals surface area contributed by atoms with Crippen LogP contribution in [0.5, 0.6) is 0 Å². The lowest BCUT2D eigenvalue weighted by Gasteiger charge is -2.25. The van der Waals surface area contributed by atoms with Crippen molar-refractivity contribution < 1.29 is 13.6 Å². The number of carbonyl (C=O) groups excluding carboxylic acids is 1. The lowest BCUT2D eigenvalue weighted by molar-refractivity contribution is 0.0714. The topological polar surface area (TPSA) is 50.5 Å². The van der Waals surface area contributed by atoms with Gasteiger partial charge >= 0.3 is 0 Å². The molecule has 0 saturated carbocycles. The molecule has 4 aromatic rings. The van der Waals surface area contributed by atoms with E-state index < -0.39 is 11.9 Å².